The smallest absolute Gasteiger partial charge is 0.319 e. The van der Waals surface area contributed by atoms with Crippen LogP contribution in [0.1, 0.15) is 28.3 Å². The van der Waals surface area contributed by atoms with E-state index < -0.39 is 0 Å². The molecule has 1 aromatic heterocycles. The minimum absolute atomic E-state index is 0.189. The number of nitrogens with one attached hydrogen (secondary N) is 1. The number of carbonyl (C=O) groups excluding carboxylic acids is 1. The summed E-state index contributed by atoms with van der Waals surface area (Å²) < 4.78 is 4.57. The van der Waals surface area contributed by atoms with Crippen LogP contribution in [0.15, 0.2) is 6.07 Å². The number of thiophene rings is 1. The first-order valence-corrected chi connectivity index (χ1v) is 5.73. The van der Waals surface area contributed by atoms with Crippen LogP contribution < -0.4 is 5.32 Å². The summed E-state index contributed by atoms with van der Waals surface area (Å²) in [5, 5.41) is 3.14. The molecule has 0 spiro atoms. The highest BCUT2D eigenvalue weighted by Gasteiger charge is 2.11. The maximum absolute atomic E-state index is 11.0. The molecule has 4 heteroatoms. The molecule has 15 heavy (non-hydrogen) atoms. The quantitative estimate of drug-likeness (QED) is 0.801. The maximum atomic E-state index is 11.0. The van der Waals surface area contributed by atoms with Crippen molar-refractivity contribution >= 4 is 17.3 Å². The third-order valence-corrected chi connectivity index (χ3v) is 3.31. The van der Waals surface area contributed by atoms with Gasteiger partial charge in [0.1, 0.15) is 0 Å². The molecule has 0 radical (unpaired) electrons. The summed E-state index contributed by atoms with van der Waals surface area (Å²) in [6, 6.07) is 2.35. The second kappa shape index (κ2) is 5.28. The fourth-order valence-electron chi connectivity index (χ4n) is 1.50. The molecule has 1 N–H and O–H groups in total. The minimum Gasteiger partial charge on any atom is -0.468 e. The summed E-state index contributed by atoms with van der Waals surface area (Å²) >= 11 is 1.78. The van der Waals surface area contributed by atoms with Crippen molar-refractivity contribution in [3.05, 3.63) is 21.4 Å². The van der Waals surface area contributed by atoms with Crippen LogP contribution in [0.2, 0.25) is 0 Å². The third kappa shape index (κ3) is 3.32. The van der Waals surface area contributed by atoms with E-state index in [2.05, 4.69) is 36.9 Å². The highest BCUT2D eigenvalue weighted by atomic mass is 32.1. The molecule has 3 nitrogen and oxygen atoms in total. The van der Waals surface area contributed by atoms with Gasteiger partial charge in [-0.3, -0.25) is 4.79 Å². The molecule has 0 aromatic carbocycles. The van der Waals surface area contributed by atoms with E-state index in [0.717, 1.165) is 0 Å². The normalized spacial score (nSPS) is 12.5. The van der Waals surface area contributed by atoms with Gasteiger partial charge < -0.3 is 10.1 Å². The average Bonchev–Trinajstić information content (AvgIpc) is 2.53. The molecule has 0 saturated carbocycles. The van der Waals surface area contributed by atoms with Gasteiger partial charge in [0, 0.05) is 15.8 Å². The van der Waals surface area contributed by atoms with E-state index in [0.29, 0.717) is 0 Å². The number of esters is 1. The molecule has 0 unspecified atom stereocenters. The Labute approximate surface area is 94.5 Å². The monoisotopic (exact) mass is 227 g/mol. The third-order valence-electron chi connectivity index (χ3n) is 2.33. The van der Waals surface area contributed by atoms with Crippen LogP contribution in [0.3, 0.4) is 0 Å². The average molecular weight is 227 g/mol. The number of aryl methyl sites for hydroxylation is 2. The fraction of sp³-hybridized carbons (Fsp3) is 0.545. The first kappa shape index (κ1) is 12.2. The van der Waals surface area contributed by atoms with Crippen molar-refractivity contribution in [1.82, 2.24) is 5.32 Å². The Hall–Kier alpha value is -0.870. The van der Waals surface area contributed by atoms with Crippen LogP contribution in [-0.4, -0.2) is 19.6 Å². The molecule has 0 saturated heterocycles. The standard InChI is InChI=1S/C11H17NO2S/c1-7-5-10(9(3)15-7)8(2)12-6-11(13)14-4/h5,8,12H,6H2,1-4H3/t8-/m0/s1. The lowest BCUT2D eigenvalue weighted by Crippen LogP contribution is -2.26. The number of hydrogen-bond acceptors (Lipinski definition) is 4. The second-order valence-corrected chi connectivity index (χ2v) is 5.01. The summed E-state index contributed by atoms with van der Waals surface area (Å²) in [4.78, 5) is 13.6. The molecule has 0 aliphatic heterocycles. The van der Waals surface area contributed by atoms with E-state index in [4.69, 9.17) is 0 Å². The zero-order valence-electron chi connectivity index (χ0n) is 9.59. The van der Waals surface area contributed by atoms with E-state index in [-0.39, 0.29) is 18.6 Å². The zero-order valence-corrected chi connectivity index (χ0v) is 10.4. The lowest BCUT2D eigenvalue weighted by atomic mass is 10.1. The highest BCUT2D eigenvalue weighted by molar-refractivity contribution is 7.12. The topological polar surface area (TPSA) is 38.3 Å². The van der Waals surface area contributed by atoms with Crippen LogP contribution in [0, 0.1) is 13.8 Å². The first-order chi connectivity index (χ1) is 7.04. The predicted molar refractivity (Wildman–Crippen MR) is 62.2 cm³/mol. The van der Waals surface area contributed by atoms with Gasteiger partial charge >= 0.3 is 5.97 Å². The summed E-state index contributed by atoms with van der Waals surface area (Å²) in [6.07, 6.45) is 0. The van der Waals surface area contributed by atoms with Crippen molar-refractivity contribution in [2.45, 2.75) is 26.8 Å². The lowest BCUT2D eigenvalue weighted by molar-refractivity contribution is -0.139. The fourth-order valence-corrected chi connectivity index (χ4v) is 2.52. The van der Waals surface area contributed by atoms with Crippen molar-refractivity contribution in [3.63, 3.8) is 0 Å². The van der Waals surface area contributed by atoms with Gasteiger partial charge in [0.25, 0.3) is 0 Å². The van der Waals surface area contributed by atoms with Crippen LogP contribution in [0.25, 0.3) is 0 Å². The van der Waals surface area contributed by atoms with Gasteiger partial charge in [0.2, 0.25) is 0 Å². The van der Waals surface area contributed by atoms with E-state index >= 15 is 0 Å². The Morgan fingerprint density at radius 2 is 2.27 bits per heavy atom. The van der Waals surface area contributed by atoms with Gasteiger partial charge in [-0.25, -0.2) is 0 Å². The Morgan fingerprint density at radius 3 is 2.73 bits per heavy atom. The molecule has 1 rings (SSSR count). The Bertz CT molecular complexity index is 346. The lowest BCUT2D eigenvalue weighted by Gasteiger charge is -2.12. The van der Waals surface area contributed by atoms with E-state index in [1.807, 2.05) is 0 Å². The predicted octanol–water partition coefficient (Wildman–Crippen LogP) is 2.19. The molecule has 0 aliphatic carbocycles. The summed E-state index contributed by atoms with van der Waals surface area (Å²) in [7, 11) is 1.40. The molecule has 1 heterocycles. The summed E-state index contributed by atoms with van der Waals surface area (Å²) in [5.41, 5.74) is 1.27. The SMILES string of the molecule is COC(=O)CN[C@@H](C)c1cc(C)sc1C. The van der Waals surface area contributed by atoms with E-state index in [1.165, 1.54) is 22.4 Å². The largest absolute Gasteiger partial charge is 0.468 e. The molecule has 0 bridgehead atoms. The van der Waals surface area contributed by atoms with Crippen LogP contribution in [0.5, 0.6) is 0 Å². The van der Waals surface area contributed by atoms with Gasteiger partial charge in [-0.15, -0.1) is 11.3 Å². The molecule has 0 fully saturated rings. The van der Waals surface area contributed by atoms with Crippen molar-refractivity contribution in [2.24, 2.45) is 0 Å². The zero-order chi connectivity index (χ0) is 11.4. The molecular formula is C11H17NO2S. The minimum atomic E-state index is -0.230. The van der Waals surface area contributed by atoms with Crippen LogP contribution in [0.4, 0.5) is 0 Å². The number of methoxy groups -OCH3 is 1. The van der Waals surface area contributed by atoms with Gasteiger partial charge in [0.05, 0.1) is 13.7 Å². The number of carbonyl (C=O) groups is 1. The Balaban J connectivity index is 2.57. The molecule has 1 atom stereocenters. The molecule has 84 valence electrons. The van der Waals surface area contributed by atoms with E-state index in [9.17, 15) is 4.79 Å². The van der Waals surface area contributed by atoms with Crippen LogP contribution in [-0.2, 0) is 9.53 Å². The summed E-state index contributed by atoms with van der Waals surface area (Å²) in [6.45, 7) is 6.50. The van der Waals surface area contributed by atoms with Crippen molar-refractivity contribution in [2.75, 3.05) is 13.7 Å². The highest BCUT2D eigenvalue weighted by Crippen LogP contribution is 2.25. The van der Waals surface area contributed by atoms with Gasteiger partial charge in [0.15, 0.2) is 0 Å². The number of hydrogen-bond donors (Lipinski definition) is 1. The molecule has 1 aromatic rings. The maximum Gasteiger partial charge on any atom is 0.319 e. The number of rotatable bonds is 4. The van der Waals surface area contributed by atoms with Gasteiger partial charge in [-0.1, -0.05) is 0 Å². The molecule has 0 amide bonds. The molecular weight excluding hydrogens is 210 g/mol. The van der Waals surface area contributed by atoms with E-state index in [1.54, 1.807) is 11.3 Å². The summed E-state index contributed by atoms with van der Waals surface area (Å²) in [5.74, 6) is -0.230. The Kier molecular flexibility index (Phi) is 4.29. The van der Waals surface area contributed by atoms with Crippen LogP contribution >= 0.6 is 11.3 Å². The van der Waals surface area contributed by atoms with Crippen molar-refractivity contribution < 1.29 is 9.53 Å². The van der Waals surface area contributed by atoms with Gasteiger partial charge in [-0.05, 0) is 32.4 Å². The Morgan fingerprint density at radius 1 is 1.60 bits per heavy atom. The first-order valence-electron chi connectivity index (χ1n) is 4.91. The molecule has 0 aliphatic rings. The number of ether oxygens (including phenoxy) is 1. The van der Waals surface area contributed by atoms with Crippen molar-refractivity contribution in [1.29, 1.82) is 0 Å². The van der Waals surface area contributed by atoms with Gasteiger partial charge in [-0.2, -0.15) is 0 Å². The second-order valence-electron chi connectivity index (χ2n) is 3.55. The van der Waals surface area contributed by atoms with Crippen molar-refractivity contribution in [3.8, 4) is 0 Å².